The van der Waals surface area contributed by atoms with Gasteiger partial charge in [0.15, 0.2) is 0 Å². The van der Waals surface area contributed by atoms with E-state index in [1.165, 1.54) is 10.4 Å². The molecular formula is C44H45N9O5S2. The lowest BCUT2D eigenvalue weighted by Gasteiger charge is -2.34. The molecule has 2 aliphatic carbocycles. The lowest BCUT2D eigenvalue weighted by molar-refractivity contribution is -0.148. The van der Waals surface area contributed by atoms with E-state index < -0.39 is 11.4 Å². The SMILES string of the molecule is COc1cc2c(cc1Nc1ncnc3sc4c(c13)CC[C@@](C)(C(=O)N(C)C)C4)C=NC2.COc1cc2c(cc1Nc1ncnc3sc4c(c13)CC[C@@](C)(C(=O)O)C4)C=NC2. The van der Waals surface area contributed by atoms with Gasteiger partial charge in [0.1, 0.15) is 45.5 Å². The topological polar surface area (TPSA) is 176 Å². The van der Waals surface area contributed by atoms with Gasteiger partial charge in [0, 0.05) is 36.3 Å². The Bertz CT molecular complexity index is 2800. The molecule has 1 amide bonds. The Hall–Kier alpha value is -6.00. The minimum Gasteiger partial charge on any atom is -0.495 e. The average molecular weight is 844 g/mol. The van der Waals surface area contributed by atoms with Gasteiger partial charge in [0.05, 0.1) is 60.3 Å². The summed E-state index contributed by atoms with van der Waals surface area (Å²) in [5, 5.41) is 18.6. The van der Waals surface area contributed by atoms with E-state index in [0.29, 0.717) is 32.4 Å². The smallest absolute Gasteiger partial charge is 0.309 e. The van der Waals surface area contributed by atoms with Crippen molar-refractivity contribution in [1.82, 2.24) is 24.8 Å². The van der Waals surface area contributed by atoms with Crippen LogP contribution < -0.4 is 20.1 Å². The first-order valence-electron chi connectivity index (χ1n) is 19.8. The van der Waals surface area contributed by atoms with Crippen molar-refractivity contribution in [2.75, 3.05) is 38.9 Å². The fourth-order valence-corrected chi connectivity index (χ4v) is 11.5. The number of rotatable bonds is 8. The summed E-state index contributed by atoms with van der Waals surface area (Å²) in [4.78, 5) is 57.1. The third-order valence-corrected chi connectivity index (χ3v) is 14.4. The van der Waals surface area contributed by atoms with Gasteiger partial charge in [0.25, 0.3) is 0 Å². The number of methoxy groups -OCH3 is 2. The Morgan fingerprint density at radius 3 is 1.63 bits per heavy atom. The van der Waals surface area contributed by atoms with Gasteiger partial charge >= 0.3 is 5.97 Å². The van der Waals surface area contributed by atoms with Gasteiger partial charge in [-0.3, -0.25) is 19.6 Å². The molecule has 14 nitrogen and oxygen atoms in total. The average Bonchev–Trinajstić information content (AvgIpc) is 4.04. The van der Waals surface area contributed by atoms with Gasteiger partial charge < -0.3 is 30.1 Å². The van der Waals surface area contributed by atoms with Gasteiger partial charge in [-0.05, 0) is 103 Å². The fraction of sp³-hybridized carbons (Fsp3) is 0.364. The number of anilines is 4. The number of carboxylic acid groups (broad SMARTS) is 1. The number of ether oxygens (including phenoxy) is 2. The molecule has 0 saturated heterocycles. The van der Waals surface area contributed by atoms with E-state index in [1.54, 1.807) is 54.4 Å². The number of carbonyl (C=O) groups is 2. The van der Waals surface area contributed by atoms with Crippen LogP contribution in [0.3, 0.4) is 0 Å². The predicted molar refractivity (Wildman–Crippen MR) is 237 cm³/mol. The number of nitrogens with zero attached hydrogens (tertiary/aromatic N) is 7. The lowest BCUT2D eigenvalue weighted by Crippen LogP contribution is -2.41. The van der Waals surface area contributed by atoms with Crippen LogP contribution in [0, 0.1) is 10.8 Å². The first-order chi connectivity index (χ1) is 28.9. The van der Waals surface area contributed by atoms with E-state index in [0.717, 1.165) is 107 Å². The van der Waals surface area contributed by atoms with Crippen molar-refractivity contribution in [3.63, 3.8) is 0 Å². The number of fused-ring (bicyclic) bond motifs is 8. The molecule has 2 aromatic carbocycles. The third kappa shape index (κ3) is 6.90. The lowest BCUT2D eigenvalue weighted by atomic mass is 9.74. The molecular weight excluding hydrogens is 799 g/mol. The Morgan fingerprint density at radius 2 is 1.18 bits per heavy atom. The number of aryl methyl sites for hydroxylation is 2. The maximum atomic E-state index is 12.8. The number of aliphatic imine (C=N–C) groups is 2. The van der Waals surface area contributed by atoms with E-state index in [9.17, 15) is 14.7 Å². The first-order valence-corrected chi connectivity index (χ1v) is 21.4. The molecule has 4 aromatic heterocycles. The molecule has 2 aliphatic heterocycles. The number of thiophene rings is 2. The molecule has 6 aromatic rings. The van der Waals surface area contributed by atoms with Crippen LogP contribution in [0.1, 0.15) is 69.8 Å². The molecule has 6 heterocycles. The van der Waals surface area contributed by atoms with Gasteiger partial charge in [-0.25, -0.2) is 19.9 Å². The number of aliphatic carboxylic acids is 1. The Morgan fingerprint density at radius 1 is 0.717 bits per heavy atom. The minimum atomic E-state index is -0.741. The van der Waals surface area contributed by atoms with Crippen molar-refractivity contribution < 1.29 is 24.2 Å². The summed E-state index contributed by atoms with van der Waals surface area (Å²) in [6.45, 7) is 5.26. The molecule has 10 rings (SSSR count). The monoisotopic (exact) mass is 843 g/mol. The molecule has 0 radical (unpaired) electrons. The van der Waals surface area contributed by atoms with E-state index in [1.807, 2.05) is 51.6 Å². The summed E-state index contributed by atoms with van der Waals surface area (Å²) in [7, 11) is 6.98. The minimum absolute atomic E-state index is 0.185. The van der Waals surface area contributed by atoms with Crippen molar-refractivity contribution >= 4 is 90.4 Å². The number of carboxylic acids is 1. The van der Waals surface area contributed by atoms with Crippen LogP contribution in [-0.2, 0) is 48.4 Å². The highest BCUT2D eigenvalue weighted by Gasteiger charge is 2.41. The molecule has 308 valence electrons. The Balaban J connectivity index is 0.000000154. The van der Waals surface area contributed by atoms with Crippen molar-refractivity contribution in [1.29, 1.82) is 0 Å². The molecule has 4 aliphatic rings. The zero-order chi connectivity index (χ0) is 41.9. The van der Waals surface area contributed by atoms with E-state index in [2.05, 4.69) is 53.5 Å². The highest BCUT2D eigenvalue weighted by atomic mass is 32.1. The maximum Gasteiger partial charge on any atom is 0.309 e. The second-order valence-corrected chi connectivity index (χ2v) is 18.7. The number of hydrogen-bond donors (Lipinski definition) is 3. The van der Waals surface area contributed by atoms with Crippen molar-refractivity contribution in [2.24, 2.45) is 20.8 Å². The van der Waals surface area contributed by atoms with Crippen LogP contribution in [0.4, 0.5) is 23.0 Å². The molecule has 3 N–H and O–H groups in total. The van der Waals surface area contributed by atoms with Gasteiger partial charge in [-0.15, -0.1) is 22.7 Å². The first kappa shape index (κ1) is 39.5. The zero-order valence-corrected chi connectivity index (χ0v) is 35.9. The number of aromatic nitrogens is 4. The summed E-state index contributed by atoms with van der Waals surface area (Å²) in [6.07, 6.45) is 11.1. The standard InChI is InChI=1S/C23H25N5O2S.C21H20N4O3S/c1-23(22(29)28(2)3)6-5-15-18(9-23)31-21-19(15)20(25-12-26-21)27-16-7-13-10-24-11-14(13)8-17(16)30-4;1-21(20(26)27)4-3-13-16(7-21)29-19-17(13)18(23-10-24-19)25-14-5-11-8-22-9-12(11)6-15(14)28-2/h7-8,10,12H,5-6,9,11H2,1-4H3,(H,25,26,27);5-6,8,10H,3-4,7,9H2,1-2H3,(H,26,27)(H,23,24,25)/t23-;21-/m11/s1. The number of carbonyl (C=O) groups excluding carboxylic acids is 1. The number of nitrogens with one attached hydrogen (secondary N) is 2. The second-order valence-electron chi connectivity index (χ2n) is 16.5. The van der Waals surface area contributed by atoms with Crippen LogP contribution in [0.2, 0.25) is 0 Å². The van der Waals surface area contributed by atoms with Crippen molar-refractivity contribution in [3.8, 4) is 11.5 Å². The molecule has 2 atom stereocenters. The van der Waals surface area contributed by atoms with Gasteiger partial charge in [-0.2, -0.15) is 0 Å². The van der Waals surface area contributed by atoms with Crippen LogP contribution in [0.15, 0.2) is 46.9 Å². The predicted octanol–water partition coefficient (Wildman–Crippen LogP) is 7.91. The summed E-state index contributed by atoms with van der Waals surface area (Å²) in [5.41, 5.74) is 7.47. The Kier molecular flexibility index (Phi) is 10.0. The van der Waals surface area contributed by atoms with Gasteiger partial charge in [0.2, 0.25) is 5.91 Å². The molecule has 0 bridgehead atoms. The number of benzene rings is 2. The highest BCUT2D eigenvalue weighted by Crippen LogP contribution is 2.47. The summed E-state index contributed by atoms with van der Waals surface area (Å²) in [6, 6.07) is 8.12. The molecule has 0 fully saturated rings. The zero-order valence-electron chi connectivity index (χ0n) is 34.3. The largest absolute Gasteiger partial charge is 0.495 e. The highest BCUT2D eigenvalue weighted by molar-refractivity contribution is 7.19. The maximum absolute atomic E-state index is 12.8. The Labute approximate surface area is 354 Å². The molecule has 0 saturated carbocycles. The van der Waals surface area contributed by atoms with Crippen LogP contribution in [-0.4, -0.2) is 82.6 Å². The van der Waals surface area contributed by atoms with Crippen molar-refractivity contribution in [3.05, 3.63) is 80.1 Å². The summed E-state index contributed by atoms with van der Waals surface area (Å²) >= 11 is 3.24. The van der Waals surface area contributed by atoms with Crippen LogP contribution in [0.5, 0.6) is 11.5 Å². The second kappa shape index (κ2) is 15.2. The van der Waals surface area contributed by atoms with Gasteiger partial charge in [-0.1, -0.05) is 6.92 Å². The molecule has 0 unspecified atom stereocenters. The molecule has 0 spiro atoms. The van der Waals surface area contributed by atoms with Crippen LogP contribution >= 0.6 is 22.7 Å². The molecule has 16 heteroatoms. The summed E-state index contributed by atoms with van der Waals surface area (Å²) in [5.74, 6) is 2.45. The number of hydrogen-bond acceptors (Lipinski definition) is 14. The quantitative estimate of drug-likeness (QED) is 0.136. The normalized spacial score (nSPS) is 19.5. The van der Waals surface area contributed by atoms with Crippen LogP contribution in [0.25, 0.3) is 20.4 Å². The van der Waals surface area contributed by atoms with E-state index in [-0.39, 0.29) is 11.3 Å². The van der Waals surface area contributed by atoms with E-state index >= 15 is 0 Å². The molecule has 60 heavy (non-hydrogen) atoms. The van der Waals surface area contributed by atoms with E-state index in [4.69, 9.17) is 9.47 Å². The number of amides is 1. The fourth-order valence-electron chi connectivity index (χ4n) is 8.73. The van der Waals surface area contributed by atoms with Crippen molar-refractivity contribution in [2.45, 2.75) is 65.5 Å². The third-order valence-electron chi connectivity index (χ3n) is 12.1. The summed E-state index contributed by atoms with van der Waals surface area (Å²) < 4.78 is 11.2.